The summed E-state index contributed by atoms with van der Waals surface area (Å²) in [4.78, 5) is 10.9. The number of hydrogen-bond acceptors (Lipinski definition) is 6. The summed E-state index contributed by atoms with van der Waals surface area (Å²) in [7, 11) is 0. The second-order valence-electron chi connectivity index (χ2n) is 7.03. The van der Waals surface area contributed by atoms with E-state index in [1.807, 2.05) is 67.2 Å². The number of aromatic nitrogens is 3. The molecule has 0 saturated heterocycles. The minimum absolute atomic E-state index is 0.187. The SMILES string of the molecule is Cc1cc(C)n(Cc2cccc(C(N)=NOCc3nc(-c4cccs4)oc3C)c2)n1. The van der Waals surface area contributed by atoms with Gasteiger partial charge in [0.15, 0.2) is 12.4 Å². The summed E-state index contributed by atoms with van der Waals surface area (Å²) >= 11 is 1.58. The van der Waals surface area contributed by atoms with Gasteiger partial charge in [-0.2, -0.15) is 5.10 Å². The number of amidine groups is 1. The molecule has 0 bridgehead atoms. The summed E-state index contributed by atoms with van der Waals surface area (Å²) < 4.78 is 7.69. The van der Waals surface area contributed by atoms with Crippen LogP contribution in [0.2, 0.25) is 0 Å². The normalized spacial score (nSPS) is 11.8. The van der Waals surface area contributed by atoms with Crippen LogP contribution in [-0.2, 0) is 18.0 Å². The highest BCUT2D eigenvalue weighted by Gasteiger charge is 2.13. The molecule has 4 rings (SSSR count). The maximum absolute atomic E-state index is 6.14. The fourth-order valence-corrected chi connectivity index (χ4v) is 3.77. The van der Waals surface area contributed by atoms with Crippen LogP contribution in [0.3, 0.4) is 0 Å². The Morgan fingerprint density at radius 3 is 2.80 bits per heavy atom. The largest absolute Gasteiger partial charge is 0.440 e. The molecule has 0 amide bonds. The molecule has 3 aromatic heterocycles. The molecule has 8 heteroatoms. The van der Waals surface area contributed by atoms with Crippen molar-refractivity contribution in [3.05, 3.63) is 81.8 Å². The fourth-order valence-electron chi connectivity index (χ4n) is 3.12. The van der Waals surface area contributed by atoms with E-state index in [0.29, 0.717) is 29.7 Å². The number of benzene rings is 1. The molecule has 4 aromatic rings. The van der Waals surface area contributed by atoms with E-state index in [9.17, 15) is 0 Å². The number of oxime groups is 1. The molecule has 3 heterocycles. The topological polar surface area (TPSA) is 91.5 Å². The van der Waals surface area contributed by atoms with Gasteiger partial charge in [-0.3, -0.25) is 4.68 Å². The van der Waals surface area contributed by atoms with E-state index in [-0.39, 0.29) is 6.61 Å². The van der Waals surface area contributed by atoms with Crippen LogP contribution in [-0.4, -0.2) is 20.6 Å². The van der Waals surface area contributed by atoms with E-state index in [0.717, 1.165) is 27.4 Å². The zero-order valence-corrected chi connectivity index (χ0v) is 17.9. The number of aryl methyl sites for hydroxylation is 3. The Balaban J connectivity index is 1.42. The van der Waals surface area contributed by atoms with Crippen LogP contribution in [0.4, 0.5) is 0 Å². The highest BCUT2D eigenvalue weighted by Crippen LogP contribution is 2.26. The smallest absolute Gasteiger partial charge is 0.236 e. The first-order valence-electron chi connectivity index (χ1n) is 9.55. The molecule has 0 saturated carbocycles. The van der Waals surface area contributed by atoms with Gasteiger partial charge in [0.1, 0.15) is 11.5 Å². The Bertz CT molecular complexity index is 1170. The van der Waals surface area contributed by atoms with Gasteiger partial charge in [-0.1, -0.05) is 29.4 Å². The van der Waals surface area contributed by atoms with E-state index < -0.39 is 0 Å². The van der Waals surface area contributed by atoms with Crippen molar-refractivity contribution in [2.75, 3.05) is 0 Å². The van der Waals surface area contributed by atoms with Gasteiger partial charge in [0.2, 0.25) is 5.89 Å². The van der Waals surface area contributed by atoms with Crippen molar-refractivity contribution in [3.63, 3.8) is 0 Å². The number of hydrogen-bond donors (Lipinski definition) is 1. The summed E-state index contributed by atoms with van der Waals surface area (Å²) in [6.45, 7) is 6.75. The van der Waals surface area contributed by atoms with E-state index in [1.54, 1.807) is 11.3 Å². The minimum Gasteiger partial charge on any atom is -0.440 e. The lowest BCUT2D eigenvalue weighted by Gasteiger charge is -2.07. The molecular weight excluding hydrogens is 398 g/mol. The summed E-state index contributed by atoms with van der Waals surface area (Å²) in [5.74, 6) is 1.61. The van der Waals surface area contributed by atoms with Gasteiger partial charge < -0.3 is 15.0 Å². The van der Waals surface area contributed by atoms with Crippen LogP contribution in [0.1, 0.15) is 34.0 Å². The summed E-state index contributed by atoms with van der Waals surface area (Å²) in [5.41, 5.74) is 10.8. The molecule has 1 aromatic carbocycles. The van der Waals surface area contributed by atoms with Crippen molar-refractivity contribution in [3.8, 4) is 10.8 Å². The van der Waals surface area contributed by atoms with Crippen molar-refractivity contribution in [1.29, 1.82) is 0 Å². The Kier molecular flexibility index (Phi) is 5.67. The third-order valence-electron chi connectivity index (χ3n) is 4.65. The second kappa shape index (κ2) is 8.54. The first kappa shape index (κ1) is 19.9. The molecule has 0 aliphatic carbocycles. The fraction of sp³-hybridized carbons (Fsp3) is 0.227. The first-order chi connectivity index (χ1) is 14.5. The van der Waals surface area contributed by atoms with E-state index in [1.165, 1.54) is 0 Å². The van der Waals surface area contributed by atoms with Crippen LogP contribution in [0, 0.1) is 20.8 Å². The molecule has 0 atom stereocenters. The van der Waals surface area contributed by atoms with Gasteiger partial charge in [-0.15, -0.1) is 11.3 Å². The number of nitrogens with zero attached hydrogens (tertiary/aromatic N) is 4. The quantitative estimate of drug-likeness (QED) is 0.271. The Hall–Kier alpha value is -3.39. The van der Waals surface area contributed by atoms with Gasteiger partial charge in [0, 0.05) is 11.3 Å². The molecule has 0 aliphatic rings. The summed E-state index contributed by atoms with van der Waals surface area (Å²) in [6.07, 6.45) is 0. The lowest BCUT2D eigenvalue weighted by molar-refractivity contribution is 0.127. The molecule has 0 unspecified atom stereocenters. The van der Waals surface area contributed by atoms with Crippen molar-refractivity contribution in [2.45, 2.75) is 33.9 Å². The van der Waals surface area contributed by atoms with Gasteiger partial charge >= 0.3 is 0 Å². The van der Waals surface area contributed by atoms with Gasteiger partial charge in [-0.05, 0) is 49.9 Å². The van der Waals surface area contributed by atoms with E-state index in [2.05, 4.69) is 21.3 Å². The predicted octanol–water partition coefficient (Wildman–Crippen LogP) is 4.41. The molecule has 154 valence electrons. The monoisotopic (exact) mass is 421 g/mol. The standard InChI is InChI=1S/C22H23N5O2S/c1-14-10-15(2)27(25-14)12-17-6-4-7-18(11-17)21(23)26-28-13-19-16(3)29-22(24-19)20-8-5-9-30-20/h4-11H,12-13H2,1-3H3,(H2,23,26). The number of thiophene rings is 1. The van der Waals surface area contributed by atoms with Gasteiger partial charge in [-0.25, -0.2) is 4.98 Å². The molecule has 0 fully saturated rings. The number of nitrogens with two attached hydrogens (primary N) is 1. The maximum Gasteiger partial charge on any atom is 0.236 e. The molecule has 30 heavy (non-hydrogen) atoms. The Morgan fingerprint density at radius 2 is 2.07 bits per heavy atom. The zero-order valence-electron chi connectivity index (χ0n) is 17.1. The van der Waals surface area contributed by atoms with Crippen LogP contribution in [0.5, 0.6) is 0 Å². The molecule has 0 radical (unpaired) electrons. The number of oxazole rings is 1. The molecule has 7 nitrogen and oxygen atoms in total. The Morgan fingerprint density at radius 1 is 1.20 bits per heavy atom. The van der Waals surface area contributed by atoms with E-state index in [4.69, 9.17) is 15.0 Å². The van der Waals surface area contributed by atoms with Gasteiger partial charge in [0.25, 0.3) is 0 Å². The van der Waals surface area contributed by atoms with E-state index >= 15 is 0 Å². The third kappa shape index (κ3) is 4.44. The number of rotatable bonds is 7. The molecule has 0 aliphatic heterocycles. The highest BCUT2D eigenvalue weighted by molar-refractivity contribution is 7.13. The maximum atomic E-state index is 6.14. The highest BCUT2D eigenvalue weighted by atomic mass is 32.1. The average Bonchev–Trinajstić information content (AvgIpc) is 3.44. The van der Waals surface area contributed by atoms with Crippen molar-refractivity contribution in [2.24, 2.45) is 10.9 Å². The average molecular weight is 422 g/mol. The molecule has 2 N–H and O–H groups in total. The van der Waals surface area contributed by atoms with Crippen LogP contribution < -0.4 is 5.73 Å². The lowest BCUT2D eigenvalue weighted by atomic mass is 10.1. The minimum atomic E-state index is 0.187. The Labute approximate surface area is 178 Å². The summed E-state index contributed by atoms with van der Waals surface area (Å²) in [5, 5.41) is 10.6. The lowest BCUT2D eigenvalue weighted by Crippen LogP contribution is -2.15. The third-order valence-corrected chi connectivity index (χ3v) is 5.51. The van der Waals surface area contributed by atoms with Gasteiger partial charge in [0.05, 0.1) is 17.1 Å². The van der Waals surface area contributed by atoms with Crippen LogP contribution in [0.15, 0.2) is 57.4 Å². The second-order valence-corrected chi connectivity index (χ2v) is 7.98. The van der Waals surface area contributed by atoms with Crippen molar-refractivity contribution in [1.82, 2.24) is 14.8 Å². The van der Waals surface area contributed by atoms with Crippen molar-refractivity contribution < 1.29 is 9.25 Å². The summed E-state index contributed by atoms with van der Waals surface area (Å²) in [6, 6.07) is 13.9. The first-order valence-corrected chi connectivity index (χ1v) is 10.4. The predicted molar refractivity (Wildman–Crippen MR) is 117 cm³/mol. The molecule has 0 spiro atoms. The zero-order chi connectivity index (χ0) is 21.1. The molecular formula is C22H23N5O2S. The van der Waals surface area contributed by atoms with Crippen molar-refractivity contribution >= 4 is 17.2 Å². The van der Waals surface area contributed by atoms with Crippen LogP contribution >= 0.6 is 11.3 Å². The van der Waals surface area contributed by atoms with Crippen LogP contribution in [0.25, 0.3) is 10.8 Å².